The summed E-state index contributed by atoms with van der Waals surface area (Å²) in [7, 11) is 0. The maximum absolute atomic E-state index is 15.0. The maximum atomic E-state index is 15.0. The predicted molar refractivity (Wildman–Crippen MR) is 201 cm³/mol. The van der Waals surface area contributed by atoms with E-state index in [4.69, 9.17) is 23.7 Å². The topological polar surface area (TPSA) is 149 Å². The van der Waals surface area contributed by atoms with Crippen LogP contribution >= 0.6 is 0 Å². The number of fused-ring (bicyclic) bond motifs is 5. The van der Waals surface area contributed by atoms with E-state index in [-0.39, 0.29) is 65.2 Å². The van der Waals surface area contributed by atoms with E-state index in [2.05, 4.69) is 20.8 Å². The summed E-state index contributed by atoms with van der Waals surface area (Å²) < 4.78 is 29.5. The van der Waals surface area contributed by atoms with Gasteiger partial charge < -0.3 is 23.7 Å². The molecule has 0 aromatic heterocycles. The van der Waals surface area contributed by atoms with Crippen LogP contribution in [0.15, 0.2) is 0 Å². The first kappa shape index (κ1) is 40.0. The van der Waals surface area contributed by atoms with Crippen molar-refractivity contribution in [1.82, 2.24) is 0 Å². The van der Waals surface area contributed by atoms with Crippen LogP contribution in [0.3, 0.4) is 0 Å². The molecule has 0 N–H and O–H groups in total. The first-order chi connectivity index (χ1) is 26.2. The Balaban J connectivity index is 1.11. The summed E-state index contributed by atoms with van der Waals surface area (Å²) in [4.78, 5) is 81.8. The zero-order valence-corrected chi connectivity index (χ0v) is 34.8. The van der Waals surface area contributed by atoms with Crippen molar-refractivity contribution in [3.8, 4) is 0 Å². The second kappa shape index (κ2) is 13.9. The van der Waals surface area contributed by atoms with Crippen LogP contribution in [0.4, 0.5) is 0 Å². The van der Waals surface area contributed by atoms with Crippen LogP contribution in [-0.4, -0.2) is 60.7 Å². The number of cyclic esters (lactones) is 3. The Labute approximate surface area is 331 Å². The van der Waals surface area contributed by atoms with Gasteiger partial charge in [-0.3, -0.25) is 28.8 Å². The SMILES string of the molecule is CC1C(=O)OC(=O)C1C(C)(C)C(CC(C)(C)C(CC(C)(C)C1C(C)C2CC1C1COC(=O)C21)C(=O)OC1CCCCO1)C(=O)OC12CC3CC(C1)C(=O)C(C3)C2. The molecule has 3 saturated heterocycles. The molecule has 6 saturated carbocycles. The Hall–Kier alpha value is -2.82. The van der Waals surface area contributed by atoms with Crippen LogP contribution in [-0.2, 0) is 52.5 Å². The van der Waals surface area contributed by atoms with Crippen molar-refractivity contribution in [3.05, 3.63) is 0 Å². The summed E-state index contributed by atoms with van der Waals surface area (Å²) in [6.45, 7) is 17.1. The Bertz CT molecular complexity index is 1640. The molecule has 6 aliphatic carbocycles. The molecule has 0 amide bonds. The summed E-state index contributed by atoms with van der Waals surface area (Å²) in [5, 5.41) is 0. The minimum atomic E-state index is -1.09. The molecule has 6 bridgehead atoms. The summed E-state index contributed by atoms with van der Waals surface area (Å²) >= 11 is 0. The van der Waals surface area contributed by atoms with Crippen molar-refractivity contribution in [2.45, 2.75) is 138 Å². The standard InChI is InChI=1S/C45H64O11/c1-22-27-15-28(29-21-53-40(50)33(27)29)34(22)43(5,6)19-30(38(48)54-32-11-9-10-12-52-32)42(3,4)20-31(44(7,8)35-23(2)37(47)55-41(35)51)39(49)56-45-16-24-13-25(17-45)36(46)26(14-24)18-45/h22-35H,9-21H2,1-8H3. The molecule has 310 valence electrons. The van der Waals surface area contributed by atoms with Crippen molar-refractivity contribution in [2.24, 2.45) is 93.2 Å². The minimum absolute atomic E-state index is 0.0413. The van der Waals surface area contributed by atoms with Gasteiger partial charge >= 0.3 is 29.8 Å². The van der Waals surface area contributed by atoms with E-state index >= 15 is 4.79 Å². The molecule has 0 aromatic rings. The summed E-state index contributed by atoms with van der Waals surface area (Å²) in [5.41, 5.74) is -3.03. The number of hydrogen-bond acceptors (Lipinski definition) is 11. The van der Waals surface area contributed by atoms with Crippen LogP contribution in [0.1, 0.15) is 126 Å². The number of ketones is 1. The Morgan fingerprint density at radius 2 is 1.50 bits per heavy atom. The van der Waals surface area contributed by atoms with Gasteiger partial charge in [0, 0.05) is 24.2 Å². The second-order valence-corrected chi connectivity index (χ2v) is 21.7. The number of carbonyl (C=O) groups excluding carboxylic acids is 6. The van der Waals surface area contributed by atoms with Gasteiger partial charge in [-0.05, 0) is 110 Å². The predicted octanol–water partition coefficient (Wildman–Crippen LogP) is 6.87. The van der Waals surface area contributed by atoms with Crippen LogP contribution in [0, 0.1) is 93.2 Å². The van der Waals surface area contributed by atoms with Gasteiger partial charge in [0.2, 0.25) is 6.29 Å². The number of ether oxygens (including phenoxy) is 5. The monoisotopic (exact) mass is 780 g/mol. The molecule has 9 aliphatic rings. The van der Waals surface area contributed by atoms with Gasteiger partial charge in [0.1, 0.15) is 11.4 Å². The molecule has 13 unspecified atom stereocenters. The maximum Gasteiger partial charge on any atom is 0.318 e. The molecule has 56 heavy (non-hydrogen) atoms. The quantitative estimate of drug-likeness (QED) is 0.116. The van der Waals surface area contributed by atoms with Crippen molar-refractivity contribution in [1.29, 1.82) is 0 Å². The highest BCUT2D eigenvalue weighted by atomic mass is 16.7. The third kappa shape index (κ3) is 6.56. The molecule has 9 fully saturated rings. The Morgan fingerprint density at radius 3 is 2.12 bits per heavy atom. The van der Waals surface area contributed by atoms with Crippen molar-refractivity contribution < 1.29 is 52.5 Å². The van der Waals surface area contributed by atoms with Gasteiger partial charge in [-0.1, -0.05) is 55.4 Å². The average molecular weight is 781 g/mol. The van der Waals surface area contributed by atoms with E-state index in [1.807, 2.05) is 27.7 Å². The van der Waals surface area contributed by atoms with Crippen molar-refractivity contribution >= 4 is 35.6 Å². The molecule has 11 heteroatoms. The fourth-order valence-corrected chi connectivity index (χ4v) is 14.5. The highest BCUT2D eigenvalue weighted by Crippen LogP contribution is 2.66. The highest BCUT2D eigenvalue weighted by Gasteiger charge is 2.65. The van der Waals surface area contributed by atoms with Crippen LogP contribution in [0.5, 0.6) is 0 Å². The fraction of sp³-hybridized carbons (Fsp3) is 0.867. The lowest BCUT2D eigenvalue weighted by Crippen LogP contribution is -2.58. The zero-order valence-electron chi connectivity index (χ0n) is 34.8. The molecule has 3 heterocycles. The average Bonchev–Trinajstić information content (AvgIpc) is 3.85. The van der Waals surface area contributed by atoms with E-state index in [1.54, 1.807) is 6.92 Å². The van der Waals surface area contributed by atoms with Crippen LogP contribution < -0.4 is 0 Å². The summed E-state index contributed by atoms with van der Waals surface area (Å²) in [6, 6.07) is 0. The fourth-order valence-electron chi connectivity index (χ4n) is 14.5. The van der Waals surface area contributed by atoms with E-state index in [0.717, 1.165) is 38.5 Å². The first-order valence-electron chi connectivity index (χ1n) is 21.7. The van der Waals surface area contributed by atoms with Crippen LogP contribution in [0.25, 0.3) is 0 Å². The number of rotatable bonds is 12. The first-order valence-corrected chi connectivity index (χ1v) is 21.7. The minimum Gasteiger partial charge on any atom is -0.465 e. The van der Waals surface area contributed by atoms with E-state index in [0.29, 0.717) is 56.5 Å². The lowest BCUT2D eigenvalue weighted by Gasteiger charge is -2.55. The number of Topliss-reactive ketones (excluding diaryl/α,β-unsaturated/α-hetero) is 1. The largest absolute Gasteiger partial charge is 0.465 e. The Kier molecular flexibility index (Phi) is 9.92. The lowest BCUT2D eigenvalue weighted by molar-refractivity contribution is -0.203. The van der Waals surface area contributed by atoms with E-state index in [1.165, 1.54) is 0 Å². The van der Waals surface area contributed by atoms with Gasteiger partial charge in [-0.15, -0.1) is 0 Å². The number of carbonyl (C=O) groups is 6. The Morgan fingerprint density at radius 1 is 0.804 bits per heavy atom. The molecule has 13 atom stereocenters. The van der Waals surface area contributed by atoms with Gasteiger partial charge in [-0.2, -0.15) is 0 Å². The molecule has 0 spiro atoms. The second-order valence-electron chi connectivity index (χ2n) is 21.7. The normalized spacial score (nSPS) is 41.4. The molecule has 9 rings (SSSR count). The highest BCUT2D eigenvalue weighted by molar-refractivity contribution is 5.97. The molecule has 0 radical (unpaired) electrons. The van der Waals surface area contributed by atoms with Gasteiger partial charge in [0.15, 0.2) is 0 Å². The third-order valence-electron chi connectivity index (χ3n) is 17.0. The number of esters is 5. The van der Waals surface area contributed by atoms with Crippen LogP contribution in [0.2, 0.25) is 0 Å². The lowest BCUT2D eigenvalue weighted by atomic mass is 9.53. The van der Waals surface area contributed by atoms with Gasteiger partial charge in [0.05, 0.1) is 42.8 Å². The molecule has 3 aliphatic heterocycles. The van der Waals surface area contributed by atoms with E-state index < -0.39 is 64.3 Å². The summed E-state index contributed by atoms with van der Waals surface area (Å²) in [6.07, 6.45) is 6.90. The van der Waals surface area contributed by atoms with E-state index in [9.17, 15) is 24.0 Å². The molecular weight excluding hydrogens is 716 g/mol. The van der Waals surface area contributed by atoms with Gasteiger partial charge in [0.25, 0.3) is 0 Å². The molecular formula is C45H64O11. The van der Waals surface area contributed by atoms with Crippen molar-refractivity contribution in [2.75, 3.05) is 13.2 Å². The molecule has 11 nitrogen and oxygen atoms in total. The van der Waals surface area contributed by atoms with Gasteiger partial charge in [-0.25, -0.2) is 0 Å². The number of hydrogen-bond donors (Lipinski definition) is 0. The molecule has 0 aromatic carbocycles. The smallest absolute Gasteiger partial charge is 0.318 e. The third-order valence-corrected chi connectivity index (χ3v) is 17.0. The summed E-state index contributed by atoms with van der Waals surface area (Å²) in [5.74, 6) is -3.66. The zero-order chi connectivity index (χ0) is 40.3. The van der Waals surface area contributed by atoms with Crippen molar-refractivity contribution in [3.63, 3.8) is 0 Å².